The summed E-state index contributed by atoms with van der Waals surface area (Å²) in [7, 11) is 0. The topological polar surface area (TPSA) is 90.1 Å². The van der Waals surface area contributed by atoms with Crippen LogP contribution in [0, 0.1) is 10.1 Å². The Morgan fingerprint density at radius 1 is 1.57 bits per heavy atom. The van der Waals surface area contributed by atoms with E-state index in [-0.39, 0.29) is 22.1 Å². The van der Waals surface area contributed by atoms with Gasteiger partial charge in [0.2, 0.25) is 0 Å². The van der Waals surface area contributed by atoms with E-state index in [4.69, 9.17) is 11.6 Å². The summed E-state index contributed by atoms with van der Waals surface area (Å²) in [5.74, 6) is -0.542. The normalized spacial score (nSPS) is 10.4. The number of nitro groups is 1. The lowest BCUT2D eigenvalue weighted by Crippen LogP contribution is -2.15. The van der Waals surface area contributed by atoms with E-state index in [1.165, 1.54) is 18.2 Å². The lowest BCUT2D eigenvalue weighted by molar-refractivity contribution is -0.383. The Kier molecular flexibility index (Phi) is 4.59. The summed E-state index contributed by atoms with van der Waals surface area (Å²) in [4.78, 5) is 22.5. The summed E-state index contributed by atoms with van der Waals surface area (Å²) in [5, 5.41) is 17.7. The van der Waals surface area contributed by atoms with Crippen molar-refractivity contribution in [2.45, 2.75) is 13.5 Å². The molecule has 2 rings (SSSR count). The molecule has 0 radical (unpaired) electrons. The van der Waals surface area contributed by atoms with Crippen LogP contribution in [-0.4, -0.2) is 20.6 Å². The number of nitrogens with zero attached hydrogens (tertiary/aromatic N) is 3. The minimum atomic E-state index is -0.610. The molecule has 0 atom stereocenters. The second-order valence-electron chi connectivity index (χ2n) is 4.05. The molecule has 0 saturated carbocycles. The zero-order valence-electron chi connectivity index (χ0n) is 10.8. The molecule has 9 heteroatoms. The molecule has 2 aromatic rings. The number of nitro benzene ring substituents is 1. The van der Waals surface area contributed by atoms with Gasteiger partial charge in [0.05, 0.1) is 9.40 Å². The van der Waals surface area contributed by atoms with Gasteiger partial charge < -0.3 is 5.32 Å². The molecule has 0 aliphatic rings. The predicted octanol–water partition coefficient (Wildman–Crippen LogP) is 3.48. The number of amides is 1. The van der Waals surface area contributed by atoms with Crippen molar-refractivity contribution in [3.63, 3.8) is 0 Å². The average molecular weight is 374 g/mol. The van der Waals surface area contributed by atoms with Crippen LogP contribution in [0.25, 0.3) is 0 Å². The number of rotatable bonds is 4. The van der Waals surface area contributed by atoms with E-state index in [2.05, 4.69) is 26.3 Å². The van der Waals surface area contributed by atoms with Gasteiger partial charge in [-0.2, -0.15) is 5.10 Å². The number of halogens is 2. The molecule has 110 valence electrons. The highest BCUT2D eigenvalue weighted by Crippen LogP contribution is 2.28. The van der Waals surface area contributed by atoms with E-state index in [1.807, 2.05) is 6.92 Å². The van der Waals surface area contributed by atoms with Crippen LogP contribution in [0.3, 0.4) is 0 Å². The minimum Gasteiger partial charge on any atom is -0.315 e. The van der Waals surface area contributed by atoms with Gasteiger partial charge in [-0.15, -0.1) is 0 Å². The Bertz CT molecular complexity index is 717. The number of anilines is 1. The Balaban J connectivity index is 2.31. The van der Waals surface area contributed by atoms with Gasteiger partial charge in [-0.3, -0.25) is 19.6 Å². The molecular formula is C12H10BrClN4O3. The number of carbonyl (C=O) groups is 1. The van der Waals surface area contributed by atoms with Crippen LogP contribution in [0.15, 0.2) is 28.9 Å². The minimum absolute atomic E-state index is 0.0624. The first-order valence-corrected chi connectivity index (χ1v) is 7.07. The van der Waals surface area contributed by atoms with Crippen molar-refractivity contribution >= 4 is 44.8 Å². The number of nitrogens with one attached hydrogen (secondary N) is 1. The monoisotopic (exact) mass is 372 g/mol. The lowest BCUT2D eigenvalue weighted by atomic mass is 10.2. The molecule has 1 aromatic heterocycles. The average Bonchev–Trinajstić information content (AvgIpc) is 2.82. The van der Waals surface area contributed by atoms with Crippen LogP contribution in [-0.2, 0) is 6.54 Å². The van der Waals surface area contributed by atoms with Gasteiger partial charge in [0.15, 0.2) is 5.69 Å². The van der Waals surface area contributed by atoms with E-state index >= 15 is 0 Å². The fourth-order valence-electron chi connectivity index (χ4n) is 1.66. The molecule has 0 aliphatic carbocycles. The number of benzene rings is 1. The molecule has 0 bridgehead atoms. The van der Waals surface area contributed by atoms with Crippen molar-refractivity contribution in [1.82, 2.24) is 9.78 Å². The molecule has 1 amide bonds. The van der Waals surface area contributed by atoms with Crippen LogP contribution < -0.4 is 5.32 Å². The molecule has 0 unspecified atom stereocenters. The lowest BCUT2D eigenvalue weighted by Gasteiger charge is -2.05. The number of aromatic nitrogens is 2. The molecule has 0 fully saturated rings. The molecule has 1 N–H and O–H groups in total. The van der Waals surface area contributed by atoms with Crippen LogP contribution in [0.2, 0.25) is 5.02 Å². The standard InChI is InChI=1S/C12H10BrClN4O3/c1-2-17-6-8(13)11(16-17)12(19)15-9-4-3-7(14)5-10(9)18(20)21/h3-6H,2H2,1H3,(H,15,19). The fraction of sp³-hybridized carbons (Fsp3) is 0.167. The Morgan fingerprint density at radius 3 is 2.86 bits per heavy atom. The van der Waals surface area contributed by atoms with Crippen molar-refractivity contribution in [3.05, 3.63) is 49.7 Å². The summed E-state index contributed by atoms with van der Waals surface area (Å²) in [5.41, 5.74) is -0.0599. The van der Waals surface area contributed by atoms with Gasteiger partial charge in [-0.25, -0.2) is 0 Å². The maximum Gasteiger partial charge on any atom is 0.294 e. The van der Waals surface area contributed by atoms with Crippen molar-refractivity contribution in [2.75, 3.05) is 5.32 Å². The summed E-state index contributed by atoms with van der Waals surface area (Å²) in [6.45, 7) is 2.48. The molecule has 1 heterocycles. The molecule has 7 nitrogen and oxygen atoms in total. The third-order valence-electron chi connectivity index (χ3n) is 2.66. The molecule has 1 aromatic carbocycles. The first-order valence-electron chi connectivity index (χ1n) is 5.90. The summed E-state index contributed by atoms with van der Waals surface area (Å²) < 4.78 is 2.09. The number of hydrogen-bond acceptors (Lipinski definition) is 4. The van der Waals surface area contributed by atoms with Crippen LogP contribution >= 0.6 is 27.5 Å². The molecule has 0 aliphatic heterocycles. The predicted molar refractivity (Wildman–Crippen MR) is 81.7 cm³/mol. The van der Waals surface area contributed by atoms with E-state index in [0.29, 0.717) is 11.0 Å². The van der Waals surface area contributed by atoms with Crippen molar-refractivity contribution < 1.29 is 9.72 Å². The van der Waals surface area contributed by atoms with Crippen molar-refractivity contribution in [3.8, 4) is 0 Å². The van der Waals surface area contributed by atoms with Crippen LogP contribution in [0.4, 0.5) is 11.4 Å². The quantitative estimate of drug-likeness (QED) is 0.656. The van der Waals surface area contributed by atoms with Crippen LogP contribution in [0.1, 0.15) is 17.4 Å². The van der Waals surface area contributed by atoms with Crippen LogP contribution in [0.5, 0.6) is 0 Å². The largest absolute Gasteiger partial charge is 0.315 e. The van der Waals surface area contributed by atoms with Gasteiger partial charge in [0.25, 0.3) is 11.6 Å². The first-order chi connectivity index (χ1) is 9.92. The third-order valence-corrected chi connectivity index (χ3v) is 3.48. The van der Waals surface area contributed by atoms with Gasteiger partial charge in [0.1, 0.15) is 5.69 Å². The Hall–Kier alpha value is -1.93. The highest BCUT2D eigenvalue weighted by molar-refractivity contribution is 9.10. The third kappa shape index (κ3) is 3.40. The van der Waals surface area contributed by atoms with E-state index in [0.717, 1.165) is 0 Å². The summed E-state index contributed by atoms with van der Waals surface area (Å²) in [6, 6.07) is 4.02. The second-order valence-corrected chi connectivity index (χ2v) is 5.34. The SMILES string of the molecule is CCn1cc(Br)c(C(=O)Nc2ccc(Cl)cc2[N+](=O)[O-])n1. The second kappa shape index (κ2) is 6.23. The maximum atomic E-state index is 12.2. The van der Waals surface area contributed by atoms with Gasteiger partial charge in [-0.1, -0.05) is 11.6 Å². The Labute approximate surface area is 133 Å². The first kappa shape index (κ1) is 15.5. The summed E-state index contributed by atoms with van der Waals surface area (Å²) >= 11 is 8.95. The number of carbonyl (C=O) groups excluding carboxylic acids is 1. The molecular weight excluding hydrogens is 364 g/mol. The highest BCUT2D eigenvalue weighted by Gasteiger charge is 2.20. The number of hydrogen-bond donors (Lipinski definition) is 1. The molecule has 21 heavy (non-hydrogen) atoms. The smallest absolute Gasteiger partial charge is 0.294 e. The van der Waals surface area contributed by atoms with Crippen molar-refractivity contribution in [1.29, 1.82) is 0 Å². The Morgan fingerprint density at radius 2 is 2.29 bits per heavy atom. The van der Waals surface area contributed by atoms with E-state index in [9.17, 15) is 14.9 Å². The zero-order chi connectivity index (χ0) is 15.6. The summed E-state index contributed by atoms with van der Waals surface area (Å²) in [6.07, 6.45) is 1.66. The zero-order valence-corrected chi connectivity index (χ0v) is 13.2. The molecule has 0 saturated heterocycles. The van der Waals surface area contributed by atoms with Gasteiger partial charge >= 0.3 is 0 Å². The van der Waals surface area contributed by atoms with Crippen molar-refractivity contribution in [2.24, 2.45) is 0 Å². The maximum absolute atomic E-state index is 12.2. The number of aryl methyl sites for hydroxylation is 1. The van der Waals surface area contributed by atoms with Gasteiger partial charge in [-0.05, 0) is 35.0 Å². The van der Waals surface area contributed by atoms with E-state index < -0.39 is 10.8 Å². The van der Waals surface area contributed by atoms with E-state index in [1.54, 1.807) is 10.9 Å². The van der Waals surface area contributed by atoms with Gasteiger partial charge in [0, 0.05) is 23.8 Å². The molecule has 0 spiro atoms. The fourth-order valence-corrected chi connectivity index (χ4v) is 2.32. The highest BCUT2D eigenvalue weighted by atomic mass is 79.9.